The molecular weight excluding hydrogens is 264 g/mol. The lowest BCUT2D eigenvalue weighted by Gasteiger charge is -2.08. The van der Waals surface area contributed by atoms with Crippen molar-refractivity contribution in [1.29, 1.82) is 0 Å². The second kappa shape index (κ2) is 6.36. The van der Waals surface area contributed by atoms with E-state index in [-0.39, 0.29) is 4.90 Å². The summed E-state index contributed by atoms with van der Waals surface area (Å²) in [5.41, 5.74) is 0.881. The number of sulfonamides is 1. The summed E-state index contributed by atoms with van der Waals surface area (Å²) >= 11 is 0. The number of benzene rings is 1. The summed E-state index contributed by atoms with van der Waals surface area (Å²) in [6.45, 7) is 1.48. The Kier molecular flexibility index (Phi) is 4.79. The molecule has 0 aliphatic heterocycles. The molecule has 0 bridgehead atoms. The lowest BCUT2D eigenvalue weighted by atomic mass is 10.3. The fraction of sp³-hybridized carbons (Fsp3) is 0.538. The number of ether oxygens (including phenoxy) is 1. The first kappa shape index (κ1) is 14.3. The van der Waals surface area contributed by atoms with Crippen molar-refractivity contribution in [3.8, 4) is 0 Å². The summed E-state index contributed by atoms with van der Waals surface area (Å²) in [7, 11) is -1.64. The molecule has 0 heterocycles. The molecule has 0 atom stereocenters. The van der Waals surface area contributed by atoms with Crippen LogP contribution in [0.15, 0.2) is 29.2 Å². The van der Waals surface area contributed by atoms with Crippen molar-refractivity contribution in [2.45, 2.75) is 17.7 Å². The van der Waals surface area contributed by atoms with E-state index < -0.39 is 10.0 Å². The van der Waals surface area contributed by atoms with Crippen LogP contribution in [-0.4, -0.2) is 35.2 Å². The summed E-state index contributed by atoms with van der Waals surface area (Å²) in [5, 5.41) is 2.95. The molecule has 1 aromatic rings. The van der Waals surface area contributed by atoms with Crippen LogP contribution in [0.4, 0.5) is 5.69 Å². The number of rotatable bonds is 8. The van der Waals surface area contributed by atoms with Crippen LogP contribution in [0.3, 0.4) is 0 Å². The maximum absolute atomic E-state index is 12.0. The molecule has 1 aliphatic rings. The van der Waals surface area contributed by atoms with Crippen molar-refractivity contribution in [2.75, 3.05) is 32.1 Å². The van der Waals surface area contributed by atoms with E-state index in [1.807, 2.05) is 0 Å². The van der Waals surface area contributed by atoms with Gasteiger partial charge in [0.25, 0.3) is 0 Å². The molecule has 6 heteroatoms. The smallest absolute Gasteiger partial charge is 0.240 e. The molecule has 1 aliphatic carbocycles. The van der Waals surface area contributed by atoms with Gasteiger partial charge in [-0.2, -0.15) is 0 Å². The molecular formula is C13H20N2O3S. The van der Waals surface area contributed by atoms with Gasteiger partial charge in [0.1, 0.15) is 0 Å². The zero-order chi connectivity index (χ0) is 13.7. The molecule has 1 saturated carbocycles. The minimum Gasteiger partial charge on any atom is -0.388 e. The largest absolute Gasteiger partial charge is 0.388 e. The van der Waals surface area contributed by atoms with Crippen LogP contribution < -0.4 is 10.0 Å². The Hall–Kier alpha value is -1.11. The first-order chi connectivity index (χ1) is 9.12. The third kappa shape index (κ3) is 4.49. The van der Waals surface area contributed by atoms with Gasteiger partial charge >= 0.3 is 0 Å². The molecule has 106 valence electrons. The van der Waals surface area contributed by atoms with Gasteiger partial charge in [-0.25, -0.2) is 13.1 Å². The molecule has 0 saturated heterocycles. The van der Waals surface area contributed by atoms with Gasteiger partial charge in [-0.15, -0.1) is 0 Å². The molecule has 5 nitrogen and oxygen atoms in total. The molecule has 1 fully saturated rings. The third-order valence-corrected chi connectivity index (χ3v) is 4.52. The normalized spacial score (nSPS) is 15.4. The molecule has 19 heavy (non-hydrogen) atoms. The zero-order valence-corrected chi connectivity index (χ0v) is 11.9. The molecule has 0 aromatic heterocycles. The molecule has 2 N–H and O–H groups in total. The molecule has 1 aromatic carbocycles. The Morgan fingerprint density at radius 3 is 2.53 bits per heavy atom. The van der Waals surface area contributed by atoms with Crippen molar-refractivity contribution in [3.63, 3.8) is 0 Å². The predicted molar refractivity (Wildman–Crippen MR) is 74.7 cm³/mol. The van der Waals surface area contributed by atoms with Gasteiger partial charge in [0.2, 0.25) is 10.0 Å². The van der Waals surface area contributed by atoms with Crippen molar-refractivity contribution in [1.82, 2.24) is 4.72 Å². The summed E-state index contributed by atoms with van der Waals surface area (Å²) < 4.78 is 31.8. The Bertz CT molecular complexity index is 495. The van der Waals surface area contributed by atoms with Crippen LogP contribution in [0, 0.1) is 5.92 Å². The fourth-order valence-electron chi connectivity index (χ4n) is 1.67. The Balaban J connectivity index is 1.78. The van der Waals surface area contributed by atoms with Gasteiger partial charge in [0.15, 0.2) is 0 Å². The van der Waals surface area contributed by atoms with Crippen molar-refractivity contribution < 1.29 is 13.2 Å². The third-order valence-electron chi connectivity index (χ3n) is 3.04. The lowest BCUT2D eigenvalue weighted by molar-refractivity contribution is 0.129. The van der Waals surface area contributed by atoms with Crippen LogP contribution >= 0.6 is 0 Å². The molecule has 0 unspecified atom stereocenters. The maximum atomic E-state index is 12.0. The van der Waals surface area contributed by atoms with Crippen LogP contribution in [0.1, 0.15) is 12.8 Å². The fourth-order valence-corrected chi connectivity index (χ4v) is 2.68. The maximum Gasteiger partial charge on any atom is 0.240 e. The predicted octanol–water partition coefficient (Wildman–Crippen LogP) is 1.43. The Labute approximate surface area is 114 Å². The van der Waals surface area contributed by atoms with Gasteiger partial charge in [0.05, 0.1) is 11.5 Å². The highest BCUT2D eigenvalue weighted by Crippen LogP contribution is 2.28. The van der Waals surface area contributed by atoms with Crippen LogP contribution in [0.2, 0.25) is 0 Å². The number of hydrogen-bond acceptors (Lipinski definition) is 4. The SMILES string of the molecule is CNc1ccc(S(=O)(=O)NCCOCC2CC2)cc1. The zero-order valence-electron chi connectivity index (χ0n) is 11.1. The molecule has 0 amide bonds. The van der Waals surface area contributed by atoms with E-state index in [0.29, 0.717) is 19.1 Å². The monoisotopic (exact) mass is 284 g/mol. The van der Waals surface area contributed by atoms with Gasteiger partial charge < -0.3 is 10.1 Å². The molecule has 0 radical (unpaired) electrons. The van der Waals surface area contributed by atoms with Crippen LogP contribution in [0.25, 0.3) is 0 Å². The van der Waals surface area contributed by atoms with E-state index in [1.54, 1.807) is 31.3 Å². The first-order valence-corrected chi connectivity index (χ1v) is 7.95. The molecule has 0 spiro atoms. The lowest BCUT2D eigenvalue weighted by Crippen LogP contribution is -2.27. The van der Waals surface area contributed by atoms with Crippen LogP contribution in [0.5, 0.6) is 0 Å². The average Bonchev–Trinajstić information content (AvgIpc) is 3.22. The van der Waals surface area contributed by atoms with Gasteiger partial charge in [0, 0.05) is 25.9 Å². The second-order valence-electron chi connectivity index (χ2n) is 4.69. The highest BCUT2D eigenvalue weighted by atomic mass is 32.2. The van der Waals surface area contributed by atoms with E-state index in [2.05, 4.69) is 10.0 Å². The van der Waals surface area contributed by atoms with Gasteiger partial charge in [-0.1, -0.05) is 0 Å². The summed E-state index contributed by atoms with van der Waals surface area (Å²) in [6, 6.07) is 6.63. The van der Waals surface area contributed by atoms with E-state index in [1.165, 1.54) is 12.8 Å². The summed E-state index contributed by atoms with van der Waals surface area (Å²) in [6.07, 6.45) is 2.48. The van der Waals surface area contributed by atoms with E-state index >= 15 is 0 Å². The highest BCUT2D eigenvalue weighted by molar-refractivity contribution is 7.89. The van der Waals surface area contributed by atoms with E-state index in [9.17, 15) is 8.42 Å². The van der Waals surface area contributed by atoms with Crippen molar-refractivity contribution in [3.05, 3.63) is 24.3 Å². The van der Waals surface area contributed by atoms with E-state index in [0.717, 1.165) is 12.3 Å². The quantitative estimate of drug-likeness (QED) is 0.709. The highest BCUT2D eigenvalue weighted by Gasteiger charge is 2.21. The topological polar surface area (TPSA) is 67.4 Å². The standard InChI is InChI=1S/C13H20N2O3S/c1-14-12-4-6-13(7-5-12)19(16,17)15-8-9-18-10-11-2-3-11/h4-7,11,14-15H,2-3,8-10H2,1H3. The minimum atomic E-state index is -3.43. The van der Waals surface area contributed by atoms with Crippen molar-refractivity contribution >= 4 is 15.7 Å². The van der Waals surface area contributed by atoms with Crippen LogP contribution in [-0.2, 0) is 14.8 Å². The van der Waals surface area contributed by atoms with E-state index in [4.69, 9.17) is 4.74 Å². The second-order valence-corrected chi connectivity index (χ2v) is 6.46. The van der Waals surface area contributed by atoms with Crippen molar-refractivity contribution in [2.24, 2.45) is 5.92 Å². The first-order valence-electron chi connectivity index (χ1n) is 6.47. The number of nitrogens with one attached hydrogen (secondary N) is 2. The van der Waals surface area contributed by atoms with Gasteiger partial charge in [-0.3, -0.25) is 0 Å². The Morgan fingerprint density at radius 1 is 1.26 bits per heavy atom. The minimum absolute atomic E-state index is 0.272. The Morgan fingerprint density at radius 2 is 1.95 bits per heavy atom. The number of anilines is 1. The number of hydrogen-bond donors (Lipinski definition) is 2. The summed E-state index contributed by atoms with van der Waals surface area (Å²) in [5.74, 6) is 0.700. The van der Waals surface area contributed by atoms with Gasteiger partial charge in [-0.05, 0) is 43.0 Å². The average molecular weight is 284 g/mol. The summed E-state index contributed by atoms with van der Waals surface area (Å²) in [4.78, 5) is 0.272. The molecule has 2 rings (SSSR count).